The lowest BCUT2D eigenvalue weighted by Crippen LogP contribution is -2.52. The largest absolute Gasteiger partial charge is 0.417 e. The van der Waals surface area contributed by atoms with Gasteiger partial charge in [0.25, 0.3) is 15.9 Å². The van der Waals surface area contributed by atoms with Gasteiger partial charge in [-0.1, -0.05) is 11.6 Å². The zero-order valence-corrected chi connectivity index (χ0v) is 25.9. The van der Waals surface area contributed by atoms with Crippen molar-refractivity contribution in [3.8, 4) is 6.07 Å². The van der Waals surface area contributed by atoms with Gasteiger partial charge in [-0.25, -0.2) is 16.8 Å². The number of benzene rings is 2. The number of halogens is 4. The van der Waals surface area contributed by atoms with Crippen molar-refractivity contribution in [3.63, 3.8) is 0 Å². The number of hydrogen-bond donors (Lipinski definition) is 1. The van der Waals surface area contributed by atoms with Gasteiger partial charge in [0.2, 0.25) is 0 Å². The Balaban J connectivity index is 1.38. The normalized spacial score (nSPS) is 20.4. The molecular weight excluding hydrogens is 653 g/mol. The van der Waals surface area contributed by atoms with Gasteiger partial charge in [0.15, 0.2) is 0 Å². The Morgan fingerprint density at radius 3 is 2.36 bits per heavy atom. The second-order valence-corrected chi connectivity index (χ2v) is 16.1. The van der Waals surface area contributed by atoms with Crippen LogP contribution in [0.25, 0.3) is 0 Å². The van der Waals surface area contributed by atoms with Gasteiger partial charge in [0.1, 0.15) is 9.84 Å². The fourth-order valence-corrected chi connectivity index (χ4v) is 10.0. The van der Waals surface area contributed by atoms with E-state index in [1.807, 2.05) is 6.07 Å². The maximum absolute atomic E-state index is 14.2. The molecule has 1 amide bonds. The topological polar surface area (TPSA) is 137 Å². The number of pyridine rings is 1. The molecule has 3 heterocycles. The Hall–Kier alpha value is -3.67. The number of nitrogens with zero attached hydrogens (tertiary/aromatic N) is 3. The third-order valence-corrected chi connectivity index (χ3v) is 12.6. The van der Waals surface area contributed by atoms with Crippen LogP contribution in [-0.2, 0) is 38.0 Å². The lowest BCUT2D eigenvalue weighted by molar-refractivity contribution is -0.137. The van der Waals surface area contributed by atoms with Crippen LogP contribution in [0.3, 0.4) is 0 Å². The maximum Gasteiger partial charge on any atom is 0.417 e. The quantitative estimate of drug-likeness (QED) is 0.388. The standard InChI is InChI=1S/C30H26ClF3N4O5S2/c31-24-14-21(30(32,33)34)16-36-25(24)17-37-28(39)20-5-8-26-23(13-20)29(9-11-44(40,41)12-10-29)27(19-3-4-19)38(26)45(42,43)22-6-1-18(15-35)2-7-22/h1-2,5-8,13-14,16,19,27H,3-4,9-12,17H2,(H,37,39). The third-order valence-electron chi connectivity index (χ3n) is 8.84. The van der Waals surface area contributed by atoms with Crippen molar-refractivity contribution in [2.24, 2.45) is 5.92 Å². The van der Waals surface area contributed by atoms with Crippen molar-refractivity contribution < 1.29 is 34.8 Å². The molecule has 1 spiro atoms. The number of sulfone groups is 1. The predicted octanol–water partition coefficient (Wildman–Crippen LogP) is 4.99. The Labute approximate surface area is 263 Å². The Bertz CT molecular complexity index is 1940. The van der Waals surface area contributed by atoms with Gasteiger partial charge in [0.05, 0.1) is 62.6 Å². The maximum atomic E-state index is 14.2. The number of anilines is 1. The molecule has 1 N–H and O–H groups in total. The van der Waals surface area contributed by atoms with Gasteiger partial charge in [-0.15, -0.1) is 0 Å². The van der Waals surface area contributed by atoms with Crippen molar-refractivity contribution in [2.45, 2.75) is 54.8 Å². The van der Waals surface area contributed by atoms with E-state index in [0.29, 0.717) is 23.0 Å². The van der Waals surface area contributed by atoms with Gasteiger partial charge >= 0.3 is 6.18 Å². The molecule has 3 aliphatic rings. The zero-order chi connectivity index (χ0) is 32.4. The number of fused-ring (bicyclic) bond motifs is 2. The van der Waals surface area contributed by atoms with Crippen LogP contribution < -0.4 is 9.62 Å². The summed E-state index contributed by atoms with van der Waals surface area (Å²) in [7, 11) is -7.50. The number of alkyl halides is 3. The minimum atomic E-state index is -4.63. The Morgan fingerprint density at radius 2 is 1.78 bits per heavy atom. The van der Waals surface area contributed by atoms with Crippen molar-refractivity contribution in [1.29, 1.82) is 5.26 Å². The van der Waals surface area contributed by atoms with E-state index in [2.05, 4.69) is 10.3 Å². The van der Waals surface area contributed by atoms with Gasteiger partial charge in [-0.05, 0) is 85.7 Å². The molecule has 236 valence electrons. The van der Waals surface area contributed by atoms with Crippen LogP contribution in [0.5, 0.6) is 0 Å². The van der Waals surface area contributed by atoms with Crippen LogP contribution in [-0.4, -0.2) is 45.3 Å². The van der Waals surface area contributed by atoms with Gasteiger partial charge in [-0.2, -0.15) is 18.4 Å². The molecule has 1 atom stereocenters. The number of nitriles is 1. The number of carbonyl (C=O) groups is 1. The fourth-order valence-electron chi connectivity index (χ4n) is 6.44. The van der Waals surface area contributed by atoms with E-state index in [0.717, 1.165) is 18.9 Å². The summed E-state index contributed by atoms with van der Waals surface area (Å²) >= 11 is 6.00. The molecule has 0 radical (unpaired) electrons. The molecule has 45 heavy (non-hydrogen) atoms. The summed E-state index contributed by atoms with van der Waals surface area (Å²) < 4.78 is 94.0. The van der Waals surface area contributed by atoms with Gasteiger partial charge < -0.3 is 5.32 Å². The molecule has 1 aliphatic carbocycles. The molecule has 0 bridgehead atoms. The number of amides is 1. The first kappa shape index (κ1) is 31.3. The monoisotopic (exact) mass is 678 g/mol. The molecule has 15 heteroatoms. The molecule has 1 aromatic heterocycles. The fraction of sp³-hybridized carbons (Fsp3) is 0.367. The molecule has 2 aliphatic heterocycles. The molecule has 1 saturated carbocycles. The van der Waals surface area contributed by atoms with Crippen LogP contribution in [0, 0.1) is 17.2 Å². The second-order valence-electron chi connectivity index (χ2n) is 11.6. The number of nitrogens with one attached hydrogen (secondary N) is 1. The molecule has 9 nitrogen and oxygen atoms in total. The van der Waals surface area contributed by atoms with Gasteiger partial charge in [0, 0.05) is 17.2 Å². The highest BCUT2D eigenvalue weighted by Crippen LogP contribution is 2.59. The van der Waals surface area contributed by atoms with Crippen LogP contribution in [0.15, 0.2) is 59.6 Å². The number of carbonyl (C=O) groups excluding carboxylic acids is 1. The smallest absolute Gasteiger partial charge is 0.346 e. The molecule has 1 unspecified atom stereocenters. The van der Waals surface area contributed by atoms with E-state index < -0.39 is 49.0 Å². The summed E-state index contributed by atoms with van der Waals surface area (Å²) in [5.41, 5.74) is -0.475. The average molecular weight is 679 g/mol. The van der Waals surface area contributed by atoms with E-state index in [4.69, 9.17) is 11.6 Å². The Kier molecular flexibility index (Phi) is 7.65. The van der Waals surface area contributed by atoms with Crippen molar-refractivity contribution in [2.75, 3.05) is 15.8 Å². The van der Waals surface area contributed by atoms with E-state index in [9.17, 15) is 40.1 Å². The highest BCUT2D eigenvalue weighted by Gasteiger charge is 2.60. The van der Waals surface area contributed by atoms with Crippen LogP contribution >= 0.6 is 11.6 Å². The summed E-state index contributed by atoms with van der Waals surface area (Å²) in [6.45, 7) is -0.264. The number of sulfonamides is 1. The minimum absolute atomic E-state index is 0.0127. The first-order valence-electron chi connectivity index (χ1n) is 14.1. The van der Waals surface area contributed by atoms with E-state index >= 15 is 0 Å². The first-order chi connectivity index (χ1) is 21.2. The number of hydrogen-bond acceptors (Lipinski definition) is 7. The predicted molar refractivity (Wildman–Crippen MR) is 159 cm³/mol. The van der Waals surface area contributed by atoms with Crippen molar-refractivity contribution in [1.82, 2.24) is 10.3 Å². The lowest BCUT2D eigenvalue weighted by Gasteiger charge is -2.41. The molecule has 6 rings (SSSR count). The molecule has 2 fully saturated rings. The van der Waals surface area contributed by atoms with Crippen LogP contribution in [0.2, 0.25) is 5.02 Å². The van der Waals surface area contributed by atoms with Crippen molar-refractivity contribution >= 4 is 43.1 Å². The first-order valence-corrected chi connectivity index (χ1v) is 17.7. The Morgan fingerprint density at radius 1 is 1.11 bits per heavy atom. The van der Waals surface area contributed by atoms with Crippen LogP contribution in [0.1, 0.15) is 58.4 Å². The molecule has 3 aromatic rings. The molecular formula is C30H26ClF3N4O5S2. The third kappa shape index (κ3) is 5.66. The van der Waals surface area contributed by atoms with Gasteiger partial charge in [-0.3, -0.25) is 14.1 Å². The van der Waals surface area contributed by atoms with Crippen molar-refractivity contribution in [3.05, 3.63) is 87.7 Å². The second kappa shape index (κ2) is 11.0. The molecule has 2 aromatic carbocycles. The average Bonchev–Trinajstić information content (AvgIpc) is 3.80. The van der Waals surface area contributed by atoms with E-state index in [-0.39, 0.29) is 58.0 Å². The van der Waals surface area contributed by atoms with E-state index in [1.54, 1.807) is 12.1 Å². The summed E-state index contributed by atoms with van der Waals surface area (Å²) in [5.74, 6) is -0.869. The minimum Gasteiger partial charge on any atom is -0.346 e. The summed E-state index contributed by atoms with van der Waals surface area (Å²) in [6, 6.07) is 12.3. The number of aromatic nitrogens is 1. The van der Waals surface area contributed by atoms with Crippen LogP contribution in [0.4, 0.5) is 18.9 Å². The highest BCUT2D eigenvalue weighted by molar-refractivity contribution is 7.93. The number of rotatable bonds is 6. The summed E-state index contributed by atoms with van der Waals surface area (Å²) in [4.78, 5) is 17.0. The lowest BCUT2D eigenvalue weighted by atomic mass is 9.70. The highest BCUT2D eigenvalue weighted by atomic mass is 35.5. The zero-order valence-electron chi connectivity index (χ0n) is 23.5. The SMILES string of the molecule is N#Cc1ccc(S(=O)(=O)N2c3ccc(C(=O)NCc4ncc(C(F)(F)F)cc4Cl)cc3C3(CCS(=O)(=O)CC3)C2C2CC2)cc1. The summed E-state index contributed by atoms with van der Waals surface area (Å²) in [6.07, 6.45) is -2.11. The molecule has 1 saturated heterocycles. The summed E-state index contributed by atoms with van der Waals surface area (Å²) in [5, 5.41) is 11.5. The van der Waals surface area contributed by atoms with E-state index in [1.165, 1.54) is 34.6 Å².